The lowest BCUT2D eigenvalue weighted by Gasteiger charge is -2.04. The number of ether oxygens (including phenoxy) is 2. The second-order valence-corrected chi connectivity index (χ2v) is 3.48. The van der Waals surface area contributed by atoms with Gasteiger partial charge in [-0.1, -0.05) is 6.07 Å². The summed E-state index contributed by atoms with van der Waals surface area (Å²) in [5.74, 6) is 1.22. The maximum absolute atomic E-state index is 5.36. The fourth-order valence-electron chi connectivity index (χ4n) is 1.65. The van der Waals surface area contributed by atoms with Gasteiger partial charge in [-0.15, -0.1) is 0 Å². The van der Waals surface area contributed by atoms with E-state index in [4.69, 9.17) is 9.47 Å². The van der Waals surface area contributed by atoms with Crippen molar-refractivity contribution in [3.8, 4) is 0 Å². The number of aliphatic imine (C=N–C) groups is 2. The monoisotopic (exact) mass is 217 g/mol. The number of hydrogen-bond acceptors (Lipinski definition) is 5. The SMILES string of the molecule is c1cc(C2=NCCO2)nc(C2=NCCO2)c1. The molecule has 0 N–H and O–H groups in total. The predicted molar refractivity (Wildman–Crippen MR) is 58.9 cm³/mol. The van der Waals surface area contributed by atoms with E-state index >= 15 is 0 Å². The molecule has 2 aliphatic heterocycles. The lowest BCUT2D eigenvalue weighted by molar-refractivity contribution is 0.345. The third-order valence-corrected chi connectivity index (χ3v) is 2.36. The molecule has 5 nitrogen and oxygen atoms in total. The molecule has 0 unspecified atom stereocenters. The van der Waals surface area contributed by atoms with Gasteiger partial charge in [0, 0.05) is 0 Å². The zero-order chi connectivity index (χ0) is 10.8. The van der Waals surface area contributed by atoms with Gasteiger partial charge >= 0.3 is 0 Å². The van der Waals surface area contributed by atoms with E-state index in [0.717, 1.165) is 11.4 Å². The van der Waals surface area contributed by atoms with Crippen LogP contribution in [0.5, 0.6) is 0 Å². The Hall–Kier alpha value is -1.91. The van der Waals surface area contributed by atoms with E-state index in [1.165, 1.54) is 0 Å². The fraction of sp³-hybridized carbons (Fsp3) is 0.364. The average Bonchev–Trinajstić information content (AvgIpc) is 3.03. The van der Waals surface area contributed by atoms with Gasteiger partial charge < -0.3 is 9.47 Å². The summed E-state index contributed by atoms with van der Waals surface area (Å²) in [6.45, 7) is 2.69. The van der Waals surface area contributed by atoms with Gasteiger partial charge in [-0.05, 0) is 12.1 Å². The van der Waals surface area contributed by atoms with E-state index in [1.54, 1.807) is 0 Å². The Morgan fingerprint density at radius 3 is 1.88 bits per heavy atom. The van der Waals surface area contributed by atoms with Gasteiger partial charge in [0.15, 0.2) is 0 Å². The molecule has 16 heavy (non-hydrogen) atoms. The predicted octanol–water partition coefficient (Wildman–Crippen LogP) is 0.635. The van der Waals surface area contributed by atoms with Crippen molar-refractivity contribution in [3.05, 3.63) is 29.6 Å². The Morgan fingerprint density at radius 2 is 1.44 bits per heavy atom. The third-order valence-electron chi connectivity index (χ3n) is 2.36. The van der Waals surface area contributed by atoms with Crippen LogP contribution in [0.15, 0.2) is 28.2 Å². The molecule has 0 fully saturated rings. The standard InChI is InChI=1S/C11H11N3O2/c1-2-8(10-12-4-6-15-10)14-9(3-1)11-13-5-7-16-11/h1-3H,4-7H2. The molecule has 0 amide bonds. The van der Waals surface area contributed by atoms with Crippen molar-refractivity contribution < 1.29 is 9.47 Å². The summed E-state index contributed by atoms with van der Waals surface area (Å²) in [6.07, 6.45) is 0. The minimum atomic E-state index is 0.612. The molecule has 3 heterocycles. The maximum atomic E-state index is 5.36. The molecular formula is C11H11N3O2. The van der Waals surface area contributed by atoms with Crippen LogP contribution in [0.3, 0.4) is 0 Å². The molecule has 0 radical (unpaired) electrons. The molecule has 0 aliphatic carbocycles. The average molecular weight is 217 g/mol. The van der Waals surface area contributed by atoms with E-state index in [1.807, 2.05) is 18.2 Å². The molecule has 0 saturated carbocycles. The van der Waals surface area contributed by atoms with E-state index in [2.05, 4.69) is 15.0 Å². The largest absolute Gasteiger partial charge is 0.474 e. The lowest BCUT2D eigenvalue weighted by atomic mass is 10.3. The highest BCUT2D eigenvalue weighted by atomic mass is 16.5. The Kier molecular flexibility index (Phi) is 2.29. The van der Waals surface area contributed by atoms with Crippen LogP contribution >= 0.6 is 0 Å². The fourth-order valence-corrected chi connectivity index (χ4v) is 1.65. The molecule has 5 heteroatoms. The highest BCUT2D eigenvalue weighted by Crippen LogP contribution is 2.09. The second kappa shape index (κ2) is 3.92. The van der Waals surface area contributed by atoms with Gasteiger partial charge in [-0.2, -0.15) is 0 Å². The van der Waals surface area contributed by atoms with Crippen LogP contribution in [-0.2, 0) is 9.47 Å². The topological polar surface area (TPSA) is 56.1 Å². The summed E-state index contributed by atoms with van der Waals surface area (Å²) >= 11 is 0. The van der Waals surface area contributed by atoms with Crippen molar-refractivity contribution in [3.63, 3.8) is 0 Å². The number of nitrogens with zero attached hydrogens (tertiary/aromatic N) is 3. The van der Waals surface area contributed by atoms with E-state index in [9.17, 15) is 0 Å². The first-order valence-corrected chi connectivity index (χ1v) is 5.26. The first kappa shape index (κ1) is 9.33. The van der Waals surface area contributed by atoms with Crippen molar-refractivity contribution >= 4 is 11.8 Å². The molecule has 3 rings (SSSR count). The van der Waals surface area contributed by atoms with Crippen LogP contribution in [0.1, 0.15) is 11.4 Å². The Labute approximate surface area is 92.8 Å². The van der Waals surface area contributed by atoms with Crippen molar-refractivity contribution in [1.82, 2.24) is 4.98 Å². The highest BCUT2D eigenvalue weighted by molar-refractivity contribution is 5.96. The number of hydrogen-bond donors (Lipinski definition) is 0. The van der Waals surface area contributed by atoms with Gasteiger partial charge in [0.2, 0.25) is 11.8 Å². The Bertz CT molecular complexity index is 429. The van der Waals surface area contributed by atoms with Crippen molar-refractivity contribution in [1.29, 1.82) is 0 Å². The van der Waals surface area contributed by atoms with E-state index in [0.29, 0.717) is 38.1 Å². The van der Waals surface area contributed by atoms with E-state index < -0.39 is 0 Å². The molecule has 2 aliphatic rings. The van der Waals surface area contributed by atoms with Crippen LogP contribution in [0.4, 0.5) is 0 Å². The highest BCUT2D eigenvalue weighted by Gasteiger charge is 2.16. The number of aromatic nitrogens is 1. The first-order chi connectivity index (χ1) is 7.93. The molecule has 0 atom stereocenters. The normalized spacial score (nSPS) is 18.8. The van der Waals surface area contributed by atoms with Crippen LogP contribution < -0.4 is 0 Å². The molecule has 1 aromatic rings. The minimum absolute atomic E-state index is 0.612. The second-order valence-electron chi connectivity index (χ2n) is 3.48. The number of rotatable bonds is 2. The van der Waals surface area contributed by atoms with Gasteiger partial charge in [0.1, 0.15) is 24.6 Å². The molecule has 0 bridgehead atoms. The van der Waals surface area contributed by atoms with Gasteiger partial charge in [0.05, 0.1) is 13.1 Å². The summed E-state index contributed by atoms with van der Waals surface area (Å²) in [5, 5.41) is 0. The molecule has 0 spiro atoms. The zero-order valence-corrected chi connectivity index (χ0v) is 8.72. The Morgan fingerprint density at radius 1 is 0.875 bits per heavy atom. The molecule has 1 aromatic heterocycles. The Balaban J connectivity index is 1.93. The smallest absolute Gasteiger partial charge is 0.235 e. The molecule has 0 saturated heterocycles. The third kappa shape index (κ3) is 1.64. The van der Waals surface area contributed by atoms with Crippen LogP contribution in [-0.4, -0.2) is 43.1 Å². The minimum Gasteiger partial charge on any atom is -0.474 e. The molecule has 82 valence electrons. The number of pyridine rings is 1. The lowest BCUT2D eigenvalue weighted by Crippen LogP contribution is -2.09. The van der Waals surface area contributed by atoms with Crippen LogP contribution in [0, 0.1) is 0 Å². The zero-order valence-electron chi connectivity index (χ0n) is 8.72. The van der Waals surface area contributed by atoms with Gasteiger partial charge in [-0.25, -0.2) is 15.0 Å². The summed E-state index contributed by atoms with van der Waals surface area (Å²) in [4.78, 5) is 12.9. The maximum Gasteiger partial charge on any atom is 0.235 e. The summed E-state index contributed by atoms with van der Waals surface area (Å²) in [5.41, 5.74) is 1.49. The van der Waals surface area contributed by atoms with Crippen molar-refractivity contribution in [2.75, 3.05) is 26.3 Å². The summed E-state index contributed by atoms with van der Waals surface area (Å²) < 4.78 is 10.7. The van der Waals surface area contributed by atoms with E-state index in [-0.39, 0.29) is 0 Å². The van der Waals surface area contributed by atoms with Crippen LogP contribution in [0.25, 0.3) is 0 Å². The van der Waals surface area contributed by atoms with Gasteiger partial charge in [0.25, 0.3) is 0 Å². The van der Waals surface area contributed by atoms with Gasteiger partial charge in [-0.3, -0.25) is 0 Å². The summed E-state index contributed by atoms with van der Waals surface area (Å²) in [6, 6.07) is 5.67. The summed E-state index contributed by atoms with van der Waals surface area (Å²) in [7, 11) is 0. The first-order valence-electron chi connectivity index (χ1n) is 5.26. The molecular weight excluding hydrogens is 206 g/mol. The van der Waals surface area contributed by atoms with Crippen molar-refractivity contribution in [2.45, 2.75) is 0 Å². The quantitative estimate of drug-likeness (QED) is 0.730. The van der Waals surface area contributed by atoms with Crippen LogP contribution in [0.2, 0.25) is 0 Å². The van der Waals surface area contributed by atoms with Crippen molar-refractivity contribution in [2.24, 2.45) is 9.98 Å². The molecule has 0 aromatic carbocycles.